The minimum Gasteiger partial charge on any atom is -0.381 e. The number of nitrogens with zero attached hydrogens (tertiary/aromatic N) is 1. The molecule has 2 saturated heterocycles. The fourth-order valence-electron chi connectivity index (χ4n) is 3.04. The Morgan fingerprint density at radius 3 is 2.88 bits per heavy atom. The molecule has 2 rings (SSSR count). The van der Waals surface area contributed by atoms with Gasteiger partial charge in [-0.2, -0.15) is 0 Å². The average Bonchev–Trinajstić information content (AvgIpc) is 2.38. The molecule has 2 aliphatic rings. The molecule has 0 aromatic carbocycles. The lowest BCUT2D eigenvalue weighted by Gasteiger charge is -2.45. The van der Waals surface area contributed by atoms with Crippen LogP contribution in [0.5, 0.6) is 0 Å². The van der Waals surface area contributed by atoms with Crippen LogP contribution in [0.3, 0.4) is 0 Å². The van der Waals surface area contributed by atoms with Gasteiger partial charge in [-0.15, -0.1) is 0 Å². The predicted molar refractivity (Wildman–Crippen MR) is 66.5 cm³/mol. The van der Waals surface area contributed by atoms with Gasteiger partial charge in [-0.3, -0.25) is 4.79 Å². The topological polar surface area (TPSA) is 55.6 Å². The van der Waals surface area contributed by atoms with E-state index in [0.29, 0.717) is 6.54 Å². The number of piperidine rings is 1. The third-order valence-corrected chi connectivity index (χ3v) is 4.15. The molecule has 2 N–H and O–H groups in total. The van der Waals surface area contributed by atoms with Crippen LogP contribution in [0.2, 0.25) is 0 Å². The lowest BCUT2D eigenvalue weighted by molar-refractivity contribution is -0.141. The van der Waals surface area contributed by atoms with Crippen molar-refractivity contribution in [1.82, 2.24) is 4.90 Å². The van der Waals surface area contributed by atoms with E-state index in [9.17, 15) is 4.79 Å². The van der Waals surface area contributed by atoms with Crippen LogP contribution in [-0.4, -0.2) is 43.7 Å². The van der Waals surface area contributed by atoms with Crippen molar-refractivity contribution in [2.45, 2.75) is 32.6 Å². The molecule has 1 spiro atoms. The fourth-order valence-corrected chi connectivity index (χ4v) is 3.04. The van der Waals surface area contributed by atoms with Crippen LogP contribution in [0.1, 0.15) is 32.6 Å². The van der Waals surface area contributed by atoms with Gasteiger partial charge in [0.1, 0.15) is 0 Å². The van der Waals surface area contributed by atoms with E-state index in [1.807, 2.05) is 11.8 Å². The summed E-state index contributed by atoms with van der Waals surface area (Å²) in [5.74, 6) is 0.173. The smallest absolute Gasteiger partial charge is 0.226 e. The number of carbonyl (C=O) groups is 1. The largest absolute Gasteiger partial charge is 0.381 e. The van der Waals surface area contributed by atoms with Gasteiger partial charge >= 0.3 is 0 Å². The minimum atomic E-state index is -0.0466. The van der Waals surface area contributed by atoms with E-state index in [2.05, 4.69) is 0 Å². The molecule has 4 heteroatoms. The average molecular weight is 240 g/mol. The van der Waals surface area contributed by atoms with Gasteiger partial charge in [0.2, 0.25) is 5.91 Å². The van der Waals surface area contributed by atoms with Gasteiger partial charge < -0.3 is 15.4 Å². The summed E-state index contributed by atoms with van der Waals surface area (Å²) in [5.41, 5.74) is 5.81. The number of amides is 1. The van der Waals surface area contributed by atoms with E-state index in [1.54, 1.807) is 0 Å². The zero-order valence-electron chi connectivity index (χ0n) is 10.8. The second-order valence-corrected chi connectivity index (χ2v) is 5.66. The summed E-state index contributed by atoms with van der Waals surface area (Å²) in [4.78, 5) is 14.2. The van der Waals surface area contributed by atoms with Crippen LogP contribution in [0.4, 0.5) is 0 Å². The van der Waals surface area contributed by atoms with Crippen LogP contribution in [0.15, 0.2) is 0 Å². The molecule has 2 aliphatic heterocycles. The van der Waals surface area contributed by atoms with Crippen LogP contribution < -0.4 is 5.73 Å². The van der Waals surface area contributed by atoms with Crippen molar-refractivity contribution < 1.29 is 9.53 Å². The van der Waals surface area contributed by atoms with Crippen molar-refractivity contribution in [3.05, 3.63) is 0 Å². The van der Waals surface area contributed by atoms with Crippen molar-refractivity contribution in [3.63, 3.8) is 0 Å². The molecule has 2 atom stereocenters. The molecule has 1 amide bonds. The highest BCUT2D eigenvalue weighted by atomic mass is 16.5. The molecule has 0 bridgehead atoms. The minimum absolute atomic E-state index is 0.0466. The SMILES string of the molecule is CC(CN)C(=O)N1CCCC2(CCCOC2)C1. The van der Waals surface area contributed by atoms with E-state index < -0.39 is 0 Å². The summed E-state index contributed by atoms with van der Waals surface area (Å²) < 4.78 is 5.62. The van der Waals surface area contributed by atoms with Crippen molar-refractivity contribution in [2.24, 2.45) is 17.1 Å². The second-order valence-electron chi connectivity index (χ2n) is 5.66. The molecule has 0 aromatic rings. The van der Waals surface area contributed by atoms with Gasteiger partial charge in [-0.25, -0.2) is 0 Å². The summed E-state index contributed by atoms with van der Waals surface area (Å²) in [7, 11) is 0. The highest BCUT2D eigenvalue weighted by Gasteiger charge is 2.39. The molecule has 17 heavy (non-hydrogen) atoms. The maximum Gasteiger partial charge on any atom is 0.226 e. The molecule has 2 unspecified atom stereocenters. The first-order valence-electron chi connectivity index (χ1n) is 6.73. The Hall–Kier alpha value is -0.610. The van der Waals surface area contributed by atoms with E-state index in [0.717, 1.165) is 39.1 Å². The van der Waals surface area contributed by atoms with E-state index >= 15 is 0 Å². The van der Waals surface area contributed by atoms with Crippen LogP contribution in [0.25, 0.3) is 0 Å². The Morgan fingerprint density at radius 1 is 1.47 bits per heavy atom. The van der Waals surface area contributed by atoms with Crippen LogP contribution in [-0.2, 0) is 9.53 Å². The zero-order valence-corrected chi connectivity index (χ0v) is 10.8. The van der Waals surface area contributed by atoms with Crippen molar-refractivity contribution in [2.75, 3.05) is 32.8 Å². The lowest BCUT2D eigenvalue weighted by atomic mass is 9.75. The van der Waals surface area contributed by atoms with Crippen molar-refractivity contribution >= 4 is 5.91 Å². The second kappa shape index (κ2) is 5.36. The molecule has 0 saturated carbocycles. The number of carbonyl (C=O) groups excluding carboxylic acids is 1. The molecule has 0 aromatic heterocycles. The summed E-state index contributed by atoms with van der Waals surface area (Å²) >= 11 is 0. The normalized spacial score (nSPS) is 31.5. The highest BCUT2D eigenvalue weighted by Crippen LogP contribution is 2.37. The van der Waals surface area contributed by atoms with E-state index in [-0.39, 0.29) is 17.2 Å². The van der Waals surface area contributed by atoms with Gasteiger partial charge in [0, 0.05) is 37.6 Å². The number of ether oxygens (including phenoxy) is 1. The highest BCUT2D eigenvalue weighted by molar-refractivity contribution is 5.78. The lowest BCUT2D eigenvalue weighted by Crippen LogP contribution is -2.51. The molecular formula is C13H24N2O2. The van der Waals surface area contributed by atoms with Gasteiger partial charge in [0.25, 0.3) is 0 Å². The number of hydrogen-bond acceptors (Lipinski definition) is 3. The maximum absolute atomic E-state index is 12.2. The van der Waals surface area contributed by atoms with Crippen molar-refractivity contribution in [1.29, 1.82) is 0 Å². The fraction of sp³-hybridized carbons (Fsp3) is 0.923. The Morgan fingerprint density at radius 2 is 2.24 bits per heavy atom. The summed E-state index contributed by atoms with van der Waals surface area (Å²) in [5, 5.41) is 0. The molecule has 2 heterocycles. The van der Waals surface area contributed by atoms with Gasteiger partial charge in [0.05, 0.1) is 6.61 Å². The quantitative estimate of drug-likeness (QED) is 0.783. The summed E-state index contributed by atoms with van der Waals surface area (Å²) in [6.07, 6.45) is 4.64. The third-order valence-electron chi connectivity index (χ3n) is 4.15. The third kappa shape index (κ3) is 2.80. The number of nitrogens with two attached hydrogens (primary N) is 1. The molecule has 98 valence electrons. The first-order valence-corrected chi connectivity index (χ1v) is 6.73. The molecule has 0 radical (unpaired) electrons. The zero-order chi connectivity index (χ0) is 12.3. The van der Waals surface area contributed by atoms with Crippen molar-refractivity contribution in [3.8, 4) is 0 Å². The first kappa shape index (κ1) is 12.8. The summed E-state index contributed by atoms with van der Waals surface area (Å²) in [6.45, 7) is 5.84. The molecule has 4 nitrogen and oxygen atoms in total. The Balaban J connectivity index is 1.98. The van der Waals surface area contributed by atoms with E-state index in [4.69, 9.17) is 10.5 Å². The Bertz CT molecular complexity index is 269. The van der Waals surface area contributed by atoms with Crippen LogP contribution >= 0.6 is 0 Å². The monoisotopic (exact) mass is 240 g/mol. The number of hydrogen-bond donors (Lipinski definition) is 1. The number of rotatable bonds is 2. The Labute approximate surface area is 103 Å². The standard InChI is InChI=1S/C13H24N2O2/c1-11(8-14)12(16)15-6-2-4-13(9-15)5-3-7-17-10-13/h11H,2-10,14H2,1H3. The molecular weight excluding hydrogens is 216 g/mol. The predicted octanol–water partition coefficient (Wildman–Crippen LogP) is 1.00. The summed E-state index contributed by atoms with van der Waals surface area (Å²) in [6, 6.07) is 0. The Kier molecular flexibility index (Phi) is 4.05. The van der Waals surface area contributed by atoms with Gasteiger partial charge in [-0.05, 0) is 25.7 Å². The van der Waals surface area contributed by atoms with Gasteiger partial charge in [0.15, 0.2) is 0 Å². The molecule has 2 fully saturated rings. The van der Waals surface area contributed by atoms with Gasteiger partial charge in [-0.1, -0.05) is 6.92 Å². The molecule has 0 aliphatic carbocycles. The van der Waals surface area contributed by atoms with E-state index in [1.165, 1.54) is 12.8 Å². The first-order chi connectivity index (χ1) is 8.17. The van der Waals surface area contributed by atoms with Crippen LogP contribution in [0, 0.1) is 11.3 Å². The maximum atomic E-state index is 12.2. The number of likely N-dealkylation sites (tertiary alicyclic amines) is 1.